The number of carbonyl (C=O) groups is 1. The molecule has 1 aromatic carbocycles. The first-order valence-electron chi connectivity index (χ1n) is 15.2. The van der Waals surface area contributed by atoms with Gasteiger partial charge in [0.1, 0.15) is 5.82 Å². The maximum absolute atomic E-state index is 14.0. The minimum Gasteiger partial charge on any atom is -0.383 e. The summed E-state index contributed by atoms with van der Waals surface area (Å²) in [7, 11) is 0. The van der Waals surface area contributed by atoms with E-state index in [1.165, 1.54) is 6.42 Å². The number of benzene rings is 1. The van der Waals surface area contributed by atoms with Crippen LogP contribution < -0.4 is 11.1 Å². The average molecular weight is 566 g/mol. The van der Waals surface area contributed by atoms with Gasteiger partial charge in [-0.15, -0.1) is 11.8 Å². The van der Waals surface area contributed by atoms with Crippen LogP contribution in [-0.4, -0.2) is 47.4 Å². The van der Waals surface area contributed by atoms with Crippen molar-refractivity contribution in [2.24, 2.45) is 16.8 Å². The van der Waals surface area contributed by atoms with Crippen LogP contribution in [0.5, 0.6) is 0 Å². The van der Waals surface area contributed by atoms with Crippen molar-refractivity contribution < 1.29 is 4.79 Å². The summed E-state index contributed by atoms with van der Waals surface area (Å²) in [5.74, 6) is 3.03. The van der Waals surface area contributed by atoms with Crippen LogP contribution >= 0.6 is 11.8 Å². The van der Waals surface area contributed by atoms with Gasteiger partial charge in [-0.05, 0) is 92.4 Å². The van der Waals surface area contributed by atoms with Gasteiger partial charge in [-0.3, -0.25) is 9.79 Å². The van der Waals surface area contributed by atoms with Gasteiger partial charge >= 0.3 is 0 Å². The molecule has 1 aromatic heterocycles. The van der Waals surface area contributed by atoms with Gasteiger partial charge in [-0.1, -0.05) is 54.0 Å². The summed E-state index contributed by atoms with van der Waals surface area (Å²) < 4.78 is 0. The highest BCUT2D eigenvalue weighted by Crippen LogP contribution is 2.39. The SMILES string of the molecule is C=Nc1cc([C@H]2CCC(C)CN2C(=O)c2cnc(N)c(C(CC)CC)c2)ccc1SCC(CC)CCNC(C)C. The number of amides is 1. The molecule has 0 bridgehead atoms. The second-order valence-corrected chi connectivity index (χ2v) is 12.8. The number of thioether (sulfide) groups is 1. The number of likely N-dealkylation sites (tertiary alicyclic amines) is 1. The molecular formula is C33H51N5OS. The van der Waals surface area contributed by atoms with Crippen LogP contribution in [0, 0.1) is 11.8 Å². The molecule has 0 aliphatic carbocycles. The van der Waals surface area contributed by atoms with Crippen molar-refractivity contribution in [2.75, 3.05) is 24.6 Å². The van der Waals surface area contributed by atoms with Gasteiger partial charge in [0.15, 0.2) is 0 Å². The third-order valence-corrected chi connectivity index (χ3v) is 9.69. The summed E-state index contributed by atoms with van der Waals surface area (Å²) in [6.07, 6.45) is 7.95. The summed E-state index contributed by atoms with van der Waals surface area (Å²) >= 11 is 1.87. The zero-order valence-electron chi connectivity index (χ0n) is 25.6. The second-order valence-electron chi connectivity index (χ2n) is 11.7. The number of nitrogens with zero attached hydrogens (tertiary/aromatic N) is 3. The van der Waals surface area contributed by atoms with Crippen LogP contribution in [-0.2, 0) is 0 Å². The Hall–Kier alpha value is -2.38. The summed E-state index contributed by atoms with van der Waals surface area (Å²) in [5.41, 5.74) is 9.89. The molecule has 1 fully saturated rings. The van der Waals surface area contributed by atoms with E-state index in [1.807, 2.05) is 22.7 Å². The Morgan fingerprint density at radius 3 is 2.60 bits per heavy atom. The van der Waals surface area contributed by atoms with E-state index in [-0.39, 0.29) is 11.9 Å². The fraction of sp³-hybridized carbons (Fsp3) is 0.606. The van der Waals surface area contributed by atoms with E-state index in [0.717, 1.165) is 72.7 Å². The standard InChI is InChI=1S/C33H51N5OS/c1-8-24(15-16-36-22(4)5)21-40-31-14-12-26(18-29(31)35-7)30-13-11-23(6)20-38(30)33(39)27-17-28(25(9-2)10-3)32(34)37-19-27/h12,14,17-19,22-25,30,36H,7-11,13,15-16,20-21H2,1-6H3,(H2,34,37)/t23?,24?,30-/m1/s1. The largest absolute Gasteiger partial charge is 0.383 e. The molecule has 220 valence electrons. The van der Waals surface area contributed by atoms with Crippen LogP contribution in [0.1, 0.15) is 114 Å². The normalized spacial score (nSPS) is 18.4. The highest BCUT2D eigenvalue weighted by atomic mass is 32.2. The number of hydrogen-bond donors (Lipinski definition) is 2. The van der Waals surface area contributed by atoms with Crippen LogP contribution in [0.3, 0.4) is 0 Å². The zero-order chi connectivity index (χ0) is 29.2. The molecule has 3 N–H and O–H groups in total. The van der Waals surface area contributed by atoms with E-state index in [9.17, 15) is 4.79 Å². The smallest absolute Gasteiger partial charge is 0.255 e. The molecule has 1 amide bonds. The van der Waals surface area contributed by atoms with Crippen molar-refractivity contribution in [3.63, 3.8) is 0 Å². The fourth-order valence-electron chi connectivity index (χ4n) is 5.73. The van der Waals surface area contributed by atoms with Crippen LogP contribution in [0.2, 0.25) is 0 Å². The number of piperidine rings is 1. The minimum absolute atomic E-state index is 0.00268. The number of aliphatic imine (C=N–C) groups is 1. The molecule has 1 aliphatic rings. The number of rotatable bonds is 14. The minimum atomic E-state index is 0.00268. The fourth-order valence-corrected chi connectivity index (χ4v) is 6.98. The van der Waals surface area contributed by atoms with E-state index >= 15 is 0 Å². The quantitative estimate of drug-likeness (QED) is 0.179. The molecule has 7 heteroatoms. The van der Waals surface area contributed by atoms with Crippen molar-refractivity contribution in [3.05, 3.63) is 47.2 Å². The van der Waals surface area contributed by atoms with Gasteiger partial charge in [-0.2, -0.15) is 0 Å². The Morgan fingerprint density at radius 1 is 1.20 bits per heavy atom. The van der Waals surface area contributed by atoms with Gasteiger partial charge in [0.25, 0.3) is 5.91 Å². The molecule has 0 saturated carbocycles. The van der Waals surface area contributed by atoms with Crippen LogP contribution in [0.25, 0.3) is 0 Å². The molecule has 2 heterocycles. The van der Waals surface area contributed by atoms with Crippen LogP contribution in [0.4, 0.5) is 11.5 Å². The Balaban J connectivity index is 1.81. The highest BCUT2D eigenvalue weighted by Gasteiger charge is 2.32. The molecule has 0 radical (unpaired) electrons. The number of hydrogen-bond acceptors (Lipinski definition) is 6. The molecule has 1 saturated heterocycles. The lowest BCUT2D eigenvalue weighted by molar-refractivity contribution is 0.0544. The summed E-state index contributed by atoms with van der Waals surface area (Å²) in [4.78, 5) is 26.0. The third-order valence-electron chi connectivity index (χ3n) is 8.40. The number of nitrogens with one attached hydrogen (secondary N) is 1. The van der Waals surface area contributed by atoms with E-state index in [4.69, 9.17) is 5.73 Å². The van der Waals surface area contributed by atoms with Gasteiger partial charge in [0, 0.05) is 29.4 Å². The summed E-state index contributed by atoms with van der Waals surface area (Å²) in [6.45, 7) is 18.9. The molecular weight excluding hydrogens is 514 g/mol. The lowest BCUT2D eigenvalue weighted by Gasteiger charge is -2.39. The number of nitrogen functional groups attached to an aromatic ring is 1. The molecule has 40 heavy (non-hydrogen) atoms. The highest BCUT2D eigenvalue weighted by molar-refractivity contribution is 7.99. The Labute approximate surface area is 247 Å². The van der Waals surface area contributed by atoms with Gasteiger partial charge in [-0.25, -0.2) is 4.98 Å². The van der Waals surface area contributed by atoms with Gasteiger partial charge < -0.3 is 16.0 Å². The molecule has 1 aliphatic heterocycles. The van der Waals surface area contributed by atoms with Crippen LogP contribution in [0.15, 0.2) is 40.4 Å². The van der Waals surface area contributed by atoms with E-state index in [0.29, 0.717) is 35.2 Å². The Kier molecular flexibility index (Phi) is 12.5. The van der Waals surface area contributed by atoms with E-state index < -0.39 is 0 Å². The van der Waals surface area contributed by atoms with E-state index in [2.05, 4.69) is 81.8 Å². The second kappa shape index (κ2) is 15.6. The summed E-state index contributed by atoms with van der Waals surface area (Å²) in [5, 5.41) is 3.54. The first-order chi connectivity index (χ1) is 19.2. The topological polar surface area (TPSA) is 83.6 Å². The monoisotopic (exact) mass is 565 g/mol. The predicted octanol–water partition coefficient (Wildman–Crippen LogP) is 8.02. The molecule has 6 nitrogen and oxygen atoms in total. The predicted molar refractivity (Wildman–Crippen MR) is 172 cm³/mol. The third kappa shape index (κ3) is 8.32. The molecule has 2 aromatic rings. The van der Waals surface area contributed by atoms with Crippen molar-refractivity contribution >= 4 is 35.9 Å². The number of nitrogens with two attached hydrogens (primary N) is 1. The number of anilines is 1. The number of pyridine rings is 1. The number of aromatic nitrogens is 1. The van der Waals surface area contributed by atoms with Crippen molar-refractivity contribution in [1.82, 2.24) is 15.2 Å². The molecule has 2 unspecified atom stereocenters. The average Bonchev–Trinajstić information content (AvgIpc) is 2.95. The Bertz CT molecular complexity index is 1120. The summed E-state index contributed by atoms with van der Waals surface area (Å²) in [6, 6.07) is 9.02. The van der Waals surface area contributed by atoms with E-state index in [1.54, 1.807) is 6.20 Å². The zero-order valence-corrected chi connectivity index (χ0v) is 26.4. The maximum atomic E-state index is 14.0. The van der Waals surface area contributed by atoms with Gasteiger partial charge in [0.05, 0.1) is 17.3 Å². The van der Waals surface area contributed by atoms with Gasteiger partial charge in [0.2, 0.25) is 0 Å². The molecule has 0 spiro atoms. The maximum Gasteiger partial charge on any atom is 0.255 e. The first kappa shape index (κ1) is 32.1. The first-order valence-corrected chi connectivity index (χ1v) is 16.2. The number of carbonyl (C=O) groups excluding carboxylic acids is 1. The lowest BCUT2D eigenvalue weighted by atomic mass is 9.88. The molecule has 3 atom stereocenters. The lowest BCUT2D eigenvalue weighted by Crippen LogP contribution is -2.41. The Morgan fingerprint density at radius 2 is 1.95 bits per heavy atom. The van der Waals surface area contributed by atoms with Crippen molar-refractivity contribution in [3.8, 4) is 0 Å². The van der Waals surface area contributed by atoms with Crippen molar-refractivity contribution in [1.29, 1.82) is 0 Å². The molecule has 3 rings (SSSR count). The van der Waals surface area contributed by atoms with Crippen molar-refractivity contribution in [2.45, 2.75) is 103 Å².